The molecule has 0 amide bonds. The zero-order chi connectivity index (χ0) is 58.1. The average molecular weight is 1120 g/mol. The second-order valence-electron chi connectivity index (χ2n) is 26.6. The highest BCUT2D eigenvalue weighted by atomic mass is 32.2. The Morgan fingerprint density at radius 1 is 0.329 bits per heavy atom. The Bertz CT molecular complexity index is 4360. The fourth-order valence-corrected chi connectivity index (χ4v) is 15.1. The second-order valence-corrected chi connectivity index (χ2v) is 27.7. The van der Waals surface area contributed by atoms with Crippen molar-refractivity contribution in [3.8, 4) is 22.3 Å². The molecule has 4 aliphatic heterocycles. The Morgan fingerprint density at radius 3 is 1.46 bits per heavy atom. The minimum atomic E-state index is -0.876. The van der Waals surface area contributed by atoms with E-state index in [0.717, 1.165) is 34.0 Å². The summed E-state index contributed by atoms with van der Waals surface area (Å²) in [4.78, 5) is 12.9. The van der Waals surface area contributed by atoms with Crippen LogP contribution < -0.4 is 36.0 Å². The summed E-state index contributed by atoms with van der Waals surface area (Å²) in [6.45, 7) is 20.7. The van der Waals surface area contributed by atoms with Gasteiger partial charge in [0.05, 0.1) is 28.4 Å². The van der Waals surface area contributed by atoms with E-state index in [-0.39, 0.29) is 23.0 Å². The number of fused-ring (bicyclic) bond motifs is 8. The van der Waals surface area contributed by atoms with Gasteiger partial charge < -0.3 is 19.6 Å². The second kappa shape index (κ2) is 19.6. The number of para-hydroxylation sites is 3. The molecule has 4 heterocycles. The monoisotopic (exact) mass is 1120 g/mol. The molecule has 85 heavy (non-hydrogen) atoms. The van der Waals surface area contributed by atoms with Crippen LogP contribution in [0.5, 0.6) is 0 Å². The van der Waals surface area contributed by atoms with Gasteiger partial charge in [0.15, 0.2) is 5.66 Å². The van der Waals surface area contributed by atoms with Gasteiger partial charge in [-0.25, -0.2) is 0 Å². The van der Waals surface area contributed by atoms with Gasteiger partial charge in [0.1, 0.15) is 0 Å². The first-order chi connectivity index (χ1) is 41.1. The minimum absolute atomic E-state index is 0.0156. The van der Waals surface area contributed by atoms with Crippen molar-refractivity contribution in [2.75, 3.05) is 19.6 Å². The summed E-state index contributed by atoms with van der Waals surface area (Å²) in [5, 5.41) is 0. The Labute approximate surface area is 507 Å². The van der Waals surface area contributed by atoms with Gasteiger partial charge in [0, 0.05) is 54.9 Å². The van der Waals surface area contributed by atoms with E-state index in [1.165, 1.54) is 99.1 Å². The topological polar surface area (TPSA) is 13.0 Å². The number of nitrogens with zero attached hydrogens (tertiary/aromatic N) is 4. The van der Waals surface area contributed by atoms with Crippen LogP contribution in [0.25, 0.3) is 22.3 Å². The largest absolute Gasteiger partial charge is 0.310 e. The number of anilines is 10. The molecule has 15 rings (SSSR count). The van der Waals surface area contributed by atoms with Gasteiger partial charge in [0.2, 0.25) is 0 Å². The molecule has 0 unspecified atom stereocenters. The summed E-state index contributed by atoms with van der Waals surface area (Å²) in [6.07, 6.45) is 0. The smallest absolute Gasteiger partial charge is 0.252 e. The quantitative estimate of drug-likeness (QED) is 0.153. The first-order valence-corrected chi connectivity index (χ1v) is 30.9. The zero-order valence-electron chi connectivity index (χ0n) is 50.0. The van der Waals surface area contributed by atoms with E-state index in [1.807, 2.05) is 11.8 Å². The van der Waals surface area contributed by atoms with Crippen molar-refractivity contribution >= 4 is 91.7 Å². The standard InChI is InChI=1S/C79H69BN4S/c1-76(2,3)55-38-36-53(37-39-55)62-50-59(78(7,8)9)42-47-65(62)81-61-45-46-63-69(51-61)82(67-32-20-22-35-73(67)85-72-34-21-19-31-66(72)81)70-48-54(52-24-13-10-14-25-52)49-71-74(70)80(63)64-30-23-33-68-75(64)84(71)79(57-26-15-11-16-27-57,58-28-17-12-18-29-58)83(68)60-43-40-56(41-44-60)77(4,5)6/h10-51H,1-9H3. The highest BCUT2D eigenvalue weighted by Gasteiger charge is 2.59. The van der Waals surface area contributed by atoms with Crippen molar-refractivity contribution in [2.24, 2.45) is 0 Å². The molecule has 0 fully saturated rings. The molecular formula is C79H69BN4S. The molecule has 2 bridgehead atoms. The predicted octanol–water partition coefficient (Wildman–Crippen LogP) is 19.7. The molecule has 0 radical (unpaired) electrons. The molecule has 0 spiro atoms. The molecule has 0 N–H and O–H groups in total. The van der Waals surface area contributed by atoms with E-state index in [4.69, 9.17) is 0 Å². The van der Waals surface area contributed by atoms with E-state index >= 15 is 0 Å². The lowest BCUT2D eigenvalue weighted by molar-refractivity contribution is 0.559. The zero-order valence-corrected chi connectivity index (χ0v) is 50.8. The molecule has 6 heteroatoms. The van der Waals surface area contributed by atoms with Gasteiger partial charge in [-0.3, -0.25) is 0 Å². The molecule has 4 aliphatic rings. The van der Waals surface area contributed by atoms with Crippen LogP contribution in [0.4, 0.5) is 56.9 Å². The minimum Gasteiger partial charge on any atom is -0.310 e. The van der Waals surface area contributed by atoms with Crippen LogP contribution in [-0.2, 0) is 21.9 Å². The third-order valence-electron chi connectivity index (χ3n) is 18.2. The summed E-state index contributed by atoms with van der Waals surface area (Å²) in [5.41, 5.74) is 25.5. The Balaban J connectivity index is 1.05. The van der Waals surface area contributed by atoms with Crippen molar-refractivity contribution in [3.63, 3.8) is 0 Å². The van der Waals surface area contributed by atoms with E-state index < -0.39 is 5.66 Å². The van der Waals surface area contributed by atoms with Crippen LogP contribution in [0.1, 0.15) is 90.1 Å². The number of hydrogen-bond acceptors (Lipinski definition) is 5. The normalized spacial score (nSPS) is 14.6. The molecule has 0 saturated heterocycles. The summed E-state index contributed by atoms with van der Waals surface area (Å²) >= 11 is 1.86. The van der Waals surface area contributed by atoms with Crippen LogP contribution >= 0.6 is 11.8 Å². The van der Waals surface area contributed by atoms with Crippen molar-refractivity contribution in [1.82, 2.24) is 0 Å². The predicted molar refractivity (Wildman–Crippen MR) is 362 cm³/mol. The van der Waals surface area contributed by atoms with Crippen LogP contribution in [0.2, 0.25) is 0 Å². The lowest BCUT2D eigenvalue weighted by Crippen LogP contribution is -2.64. The van der Waals surface area contributed by atoms with E-state index in [9.17, 15) is 0 Å². The van der Waals surface area contributed by atoms with Crippen LogP contribution in [0.3, 0.4) is 0 Å². The van der Waals surface area contributed by atoms with E-state index in [2.05, 4.69) is 337 Å². The van der Waals surface area contributed by atoms with Gasteiger partial charge in [-0.05, 0) is 145 Å². The maximum Gasteiger partial charge on any atom is 0.252 e. The number of hydrogen-bond donors (Lipinski definition) is 0. The third kappa shape index (κ3) is 8.34. The summed E-state index contributed by atoms with van der Waals surface area (Å²) in [7, 11) is 0. The Morgan fingerprint density at radius 2 is 0.847 bits per heavy atom. The highest BCUT2D eigenvalue weighted by Crippen LogP contribution is 2.62. The summed E-state index contributed by atoms with van der Waals surface area (Å²) in [6, 6.07) is 97.2. The molecule has 414 valence electrons. The van der Waals surface area contributed by atoms with Crippen molar-refractivity contribution < 1.29 is 0 Å². The van der Waals surface area contributed by atoms with Crippen LogP contribution in [-0.4, -0.2) is 6.71 Å². The molecule has 4 nitrogen and oxygen atoms in total. The maximum atomic E-state index is 2.75. The van der Waals surface area contributed by atoms with Gasteiger partial charge in [-0.15, -0.1) is 0 Å². The molecule has 0 aliphatic carbocycles. The van der Waals surface area contributed by atoms with Crippen LogP contribution in [0.15, 0.2) is 265 Å². The first-order valence-electron chi connectivity index (χ1n) is 30.1. The lowest BCUT2D eigenvalue weighted by atomic mass is 9.33. The van der Waals surface area contributed by atoms with E-state index in [0.29, 0.717) is 0 Å². The first kappa shape index (κ1) is 52.8. The third-order valence-corrected chi connectivity index (χ3v) is 19.4. The van der Waals surface area contributed by atoms with Gasteiger partial charge in [-0.1, -0.05) is 250 Å². The Kier molecular flexibility index (Phi) is 12.1. The number of benzene rings is 11. The van der Waals surface area contributed by atoms with E-state index in [1.54, 1.807) is 0 Å². The average Bonchev–Trinajstić information content (AvgIpc) is 1.59. The molecular weight excluding hydrogens is 1050 g/mol. The fraction of sp³-hybridized carbons (Fsp3) is 0.165. The molecule has 0 aromatic heterocycles. The van der Waals surface area contributed by atoms with Crippen molar-refractivity contribution in [3.05, 3.63) is 283 Å². The molecule has 0 atom stereocenters. The molecule has 11 aromatic rings. The van der Waals surface area contributed by atoms with Gasteiger partial charge >= 0.3 is 0 Å². The lowest BCUT2D eigenvalue weighted by Gasteiger charge is -2.50. The van der Waals surface area contributed by atoms with Gasteiger partial charge in [0.25, 0.3) is 6.71 Å². The fourth-order valence-electron chi connectivity index (χ4n) is 14.0. The SMILES string of the molecule is CC(C)(C)c1ccc(-c2cc(C(C)(C)C)ccc2N2c3ccc4c(c3)N(c3ccccc3Sc3ccccc32)c2cc(-c3ccccc3)cc3c2B4c2cccc4c2N3C(c2ccccc2)(c2ccccc2)N4c2ccc(C(C)(C)C)cc2)cc1. The Hall–Kier alpha value is -8.97. The summed E-state index contributed by atoms with van der Waals surface area (Å²) in [5.74, 6) is 0. The van der Waals surface area contributed by atoms with Crippen LogP contribution in [0, 0.1) is 0 Å². The molecule has 0 saturated carbocycles. The number of rotatable bonds is 6. The van der Waals surface area contributed by atoms with Crippen molar-refractivity contribution in [2.45, 2.75) is 94.0 Å². The molecule has 11 aromatic carbocycles. The summed E-state index contributed by atoms with van der Waals surface area (Å²) < 4.78 is 0. The maximum absolute atomic E-state index is 2.75. The highest BCUT2D eigenvalue weighted by molar-refractivity contribution is 7.99. The van der Waals surface area contributed by atoms with Gasteiger partial charge in [-0.2, -0.15) is 0 Å². The van der Waals surface area contributed by atoms with Crippen molar-refractivity contribution in [1.29, 1.82) is 0 Å².